The first-order chi connectivity index (χ1) is 10.2. The summed E-state index contributed by atoms with van der Waals surface area (Å²) in [6.45, 7) is 4.05. The molecule has 5 nitrogen and oxygen atoms in total. The topological polar surface area (TPSA) is 55.6 Å². The average molecular weight is 279 g/mol. The molecule has 1 atom stereocenters. The molecule has 0 amide bonds. The highest BCUT2D eigenvalue weighted by Crippen LogP contribution is 2.18. The predicted octanol–water partition coefficient (Wildman–Crippen LogP) is 3.14. The van der Waals surface area contributed by atoms with Crippen LogP contribution in [0.2, 0.25) is 0 Å². The smallest absolute Gasteiger partial charge is 0.223 e. The lowest BCUT2D eigenvalue weighted by atomic mass is 10.1. The molecule has 1 N–H and O–H groups in total. The Hall–Kier alpha value is -2.69. The van der Waals surface area contributed by atoms with Gasteiger partial charge in [-0.15, -0.1) is 0 Å². The normalized spacial score (nSPS) is 12.1. The number of benzene rings is 1. The quantitative estimate of drug-likeness (QED) is 0.797. The zero-order valence-electron chi connectivity index (χ0n) is 12.1. The minimum absolute atomic E-state index is 0.137. The lowest BCUT2D eigenvalue weighted by Crippen LogP contribution is -2.09. The fourth-order valence-electron chi connectivity index (χ4n) is 2.13. The van der Waals surface area contributed by atoms with Gasteiger partial charge in [-0.25, -0.2) is 14.6 Å². The minimum Gasteiger partial charge on any atom is -0.348 e. The SMILES string of the molecule is Cc1ccnc(NC(C)c2ccc(-n3cccn3)cc2)n1. The molecule has 1 unspecified atom stereocenters. The van der Waals surface area contributed by atoms with Crippen molar-refractivity contribution in [3.05, 3.63) is 66.2 Å². The Bertz CT molecular complexity index is 704. The van der Waals surface area contributed by atoms with E-state index < -0.39 is 0 Å². The molecule has 0 saturated heterocycles. The molecule has 1 aromatic carbocycles. The van der Waals surface area contributed by atoms with Crippen LogP contribution in [0.15, 0.2) is 55.0 Å². The first-order valence-electron chi connectivity index (χ1n) is 6.88. The van der Waals surface area contributed by atoms with Gasteiger partial charge in [0.05, 0.1) is 11.7 Å². The van der Waals surface area contributed by atoms with Gasteiger partial charge in [0, 0.05) is 24.3 Å². The van der Waals surface area contributed by atoms with Crippen LogP contribution >= 0.6 is 0 Å². The van der Waals surface area contributed by atoms with E-state index in [1.54, 1.807) is 12.4 Å². The Morgan fingerprint density at radius 2 is 1.90 bits per heavy atom. The highest BCUT2D eigenvalue weighted by atomic mass is 15.3. The van der Waals surface area contributed by atoms with Gasteiger partial charge in [-0.1, -0.05) is 12.1 Å². The molecule has 2 aromatic heterocycles. The fraction of sp³-hybridized carbons (Fsp3) is 0.188. The third-order valence-corrected chi connectivity index (χ3v) is 3.30. The standard InChI is InChI=1S/C16H17N5/c1-12-8-10-17-16(19-12)20-13(2)14-4-6-15(7-5-14)21-11-3-9-18-21/h3-11,13H,1-2H3,(H,17,19,20). The molecular weight excluding hydrogens is 262 g/mol. The zero-order chi connectivity index (χ0) is 14.7. The molecule has 2 heterocycles. The Balaban J connectivity index is 1.74. The van der Waals surface area contributed by atoms with E-state index in [0.717, 1.165) is 11.4 Å². The summed E-state index contributed by atoms with van der Waals surface area (Å²) < 4.78 is 1.84. The molecule has 0 fully saturated rings. The number of hydrogen-bond acceptors (Lipinski definition) is 4. The molecule has 0 radical (unpaired) electrons. The van der Waals surface area contributed by atoms with Crippen LogP contribution < -0.4 is 5.32 Å². The maximum atomic E-state index is 4.36. The maximum absolute atomic E-state index is 4.36. The number of aryl methyl sites for hydroxylation is 1. The summed E-state index contributed by atoms with van der Waals surface area (Å²) >= 11 is 0. The summed E-state index contributed by atoms with van der Waals surface area (Å²) in [5.74, 6) is 0.652. The molecule has 0 aliphatic carbocycles. The lowest BCUT2D eigenvalue weighted by Gasteiger charge is -2.15. The highest BCUT2D eigenvalue weighted by molar-refractivity contribution is 5.38. The van der Waals surface area contributed by atoms with E-state index in [0.29, 0.717) is 5.95 Å². The number of hydrogen-bond donors (Lipinski definition) is 1. The molecule has 5 heteroatoms. The first-order valence-corrected chi connectivity index (χ1v) is 6.88. The molecule has 3 rings (SSSR count). The maximum Gasteiger partial charge on any atom is 0.223 e. The Kier molecular flexibility index (Phi) is 3.64. The molecule has 0 aliphatic heterocycles. The minimum atomic E-state index is 0.137. The van der Waals surface area contributed by atoms with Crippen molar-refractivity contribution in [2.24, 2.45) is 0 Å². The number of anilines is 1. The van der Waals surface area contributed by atoms with Crippen LogP contribution in [0.4, 0.5) is 5.95 Å². The van der Waals surface area contributed by atoms with Crippen molar-refractivity contribution >= 4 is 5.95 Å². The van der Waals surface area contributed by atoms with Gasteiger partial charge in [0.15, 0.2) is 0 Å². The molecular formula is C16H17N5. The monoisotopic (exact) mass is 279 g/mol. The van der Waals surface area contributed by atoms with Crippen molar-refractivity contribution in [1.82, 2.24) is 19.7 Å². The van der Waals surface area contributed by atoms with Gasteiger partial charge < -0.3 is 5.32 Å². The summed E-state index contributed by atoms with van der Waals surface area (Å²) in [5.41, 5.74) is 3.17. The van der Waals surface area contributed by atoms with E-state index in [1.807, 2.05) is 29.9 Å². The number of aromatic nitrogens is 4. The molecule has 21 heavy (non-hydrogen) atoms. The summed E-state index contributed by atoms with van der Waals surface area (Å²) in [6.07, 6.45) is 5.46. The molecule has 0 aliphatic rings. The Morgan fingerprint density at radius 1 is 1.10 bits per heavy atom. The van der Waals surface area contributed by atoms with Gasteiger partial charge >= 0.3 is 0 Å². The van der Waals surface area contributed by atoms with Crippen LogP contribution in [-0.2, 0) is 0 Å². The van der Waals surface area contributed by atoms with E-state index in [-0.39, 0.29) is 6.04 Å². The van der Waals surface area contributed by atoms with Crippen LogP contribution in [0.1, 0.15) is 24.2 Å². The second-order valence-corrected chi connectivity index (χ2v) is 4.93. The van der Waals surface area contributed by atoms with Crippen molar-refractivity contribution in [1.29, 1.82) is 0 Å². The number of nitrogens with one attached hydrogen (secondary N) is 1. The van der Waals surface area contributed by atoms with E-state index in [2.05, 4.69) is 51.6 Å². The second kappa shape index (κ2) is 5.75. The van der Waals surface area contributed by atoms with Crippen LogP contribution in [-0.4, -0.2) is 19.7 Å². The molecule has 0 saturated carbocycles. The summed E-state index contributed by atoms with van der Waals surface area (Å²) in [6, 6.07) is 12.2. The van der Waals surface area contributed by atoms with Crippen molar-refractivity contribution in [2.45, 2.75) is 19.9 Å². The molecule has 0 bridgehead atoms. The molecule has 0 spiro atoms. The average Bonchev–Trinajstić information content (AvgIpc) is 3.01. The summed E-state index contributed by atoms with van der Waals surface area (Å²) in [4.78, 5) is 8.59. The third-order valence-electron chi connectivity index (χ3n) is 3.30. The first kappa shape index (κ1) is 13.3. The van der Waals surface area contributed by atoms with Crippen LogP contribution in [0.3, 0.4) is 0 Å². The van der Waals surface area contributed by atoms with Gasteiger partial charge in [0.25, 0.3) is 0 Å². The van der Waals surface area contributed by atoms with E-state index in [4.69, 9.17) is 0 Å². The largest absolute Gasteiger partial charge is 0.348 e. The molecule has 106 valence electrons. The Labute approximate surface area is 123 Å². The van der Waals surface area contributed by atoms with Gasteiger partial charge in [0.1, 0.15) is 0 Å². The number of rotatable bonds is 4. The predicted molar refractivity (Wildman–Crippen MR) is 82.4 cm³/mol. The summed E-state index contributed by atoms with van der Waals surface area (Å²) in [5, 5.41) is 7.53. The van der Waals surface area contributed by atoms with E-state index >= 15 is 0 Å². The van der Waals surface area contributed by atoms with E-state index in [1.165, 1.54) is 5.56 Å². The van der Waals surface area contributed by atoms with Crippen molar-refractivity contribution in [3.8, 4) is 5.69 Å². The molecule has 3 aromatic rings. The highest BCUT2D eigenvalue weighted by Gasteiger charge is 2.07. The Morgan fingerprint density at radius 3 is 2.57 bits per heavy atom. The van der Waals surface area contributed by atoms with Crippen molar-refractivity contribution in [2.75, 3.05) is 5.32 Å². The lowest BCUT2D eigenvalue weighted by molar-refractivity contribution is 0.848. The van der Waals surface area contributed by atoms with Crippen molar-refractivity contribution in [3.63, 3.8) is 0 Å². The van der Waals surface area contributed by atoms with Gasteiger partial charge in [-0.3, -0.25) is 0 Å². The van der Waals surface area contributed by atoms with E-state index in [9.17, 15) is 0 Å². The second-order valence-electron chi connectivity index (χ2n) is 4.93. The van der Waals surface area contributed by atoms with Crippen LogP contribution in [0, 0.1) is 6.92 Å². The third kappa shape index (κ3) is 3.08. The summed E-state index contributed by atoms with van der Waals surface area (Å²) in [7, 11) is 0. The fourth-order valence-corrected chi connectivity index (χ4v) is 2.13. The number of nitrogens with zero attached hydrogens (tertiary/aromatic N) is 4. The van der Waals surface area contributed by atoms with Gasteiger partial charge in [0.2, 0.25) is 5.95 Å². The zero-order valence-corrected chi connectivity index (χ0v) is 12.1. The van der Waals surface area contributed by atoms with Gasteiger partial charge in [-0.2, -0.15) is 5.10 Å². The van der Waals surface area contributed by atoms with Gasteiger partial charge in [-0.05, 0) is 43.7 Å². The van der Waals surface area contributed by atoms with Crippen LogP contribution in [0.5, 0.6) is 0 Å². The van der Waals surface area contributed by atoms with Crippen molar-refractivity contribution < 1.29 is 0 Å². The van der Waals surface area contributed by atoms with Crippen LogP contribution in [0.25, 0.3) is 5.69 Å².